The quantitative estimate of drug-likeness (QED) is 0.761. The molecule has 1 aromatic rings. The fourth-order valence-electron chi connectivity index (χ4n) is 2.16. The summed E-state index contributed by atoms with van der Waals surface area (Å²) in [6, 6.07) is 2.49. The average Bonchev–Trinajstić information content (AvgIpc) is 2.82. The first kappa shape index (κ1) is 16.8. The molecule has 1 aromatic carbocycles. The molecule has 1 amide bonds. The number of halogens is 2. The molecule has 1 saturated heterocycles. The van der Waals surface area contributed by atoms with Crippen molar-refractivity contribution in [2.45, 2.75) is 11.7 Å². The van der Waals surface area contributed by atoms with Gasteiger partial charge in [0.1, 0.15) is 5.25 Å². The van der Waals surface area contributed by atoms with Crippen LogP contribution in [0.5, 0.6) is 0 Å². The Morgan fingerprint density at radius 1 is 1.50 bits per heavy atom. The highest BCUT2D eigenvalue weighted by Gasteiger charge is 2.38. The standard InChI is InChI=1S/C12H12BrFN2O5S/c1-21-12(18)8-2-6(13)3-9(11(8)14)16-5-7(4-10(16)17)22(15,19)20/h2-3,7H,4-5H2,1H3,(H2,15,19,20). The molecular formula is C12H12BrFN2O5S. The molecule has 7 nitrogen and oxygen atoms in total. The molecule has 2 N–H and O–H groups in total. The van der Waals surface area contributed by atoms with Crippen molar-refractivity contribution in [1.29, 1.82) is 0 Å². The Kier molecular flexibility index (Phi) is 4.54. The molecule has 22 heavy (non-hydrogen) atoms. The first-order valence-corrected chi connectivity index (χ1v) is 8.44. The topological polar surface area (TPSA) is 107 Å². The molecule has 1 fully saturated rings. The summed E-state index contributed by atoms with van der Waals surface area (Å²) in [6.07, 6.45) is -0.335. The number of primary sulfonamides is 1. The number of hydrogen-bond acceptors (Lipinski definition) is 5. The lowest BCUT2D eigenvalue weighted by molar-refractivity contribution is -0.117. The number of hydrogen-bond donors (Lipinski definition) is 1. The lowest BCUT2D eigenvalue weighted by Crippen LogP contribution is -2.32. The molecular weight excluding hydrogens is 383 g/mol. The van der Waals surface area contributed by atoms with Crippen LogP contribution in [0.1, 0.15) is 16.8 Å². The number of rotatable bonds is 3. The van der Waals surface area contributed by atoms with Crippen molar-refractivity contribution in [1.82, 2.24) is 0 Å². The van der Waals surface area contributed by atoms with Crippen molar-refractivity contribution >= 4 is 43.5 Å². The monoisotopic (exact) mass is 394 g/mol. The van der Waals surface area contributed by atoms with Gasteiger partial charge in [-0.1, -0.05) is 15.9 Å². The fraction of sp³-hybridized carbons (Fsp3) is 0.333. The van der Waals surface area contributed by atoms with Crippen LogP contribution in [0.15, 0.2) is 16.6 Å². The van der Waals surface area contributed by atoms with E-state index in [2.05, 4.69) is 20.7 Å². The third-order valence-corrected chi connectivity index (χ3v) is 4.97. The SMILES string of the molecule is COC(=O)c1cc(Br)cc(N2CC(S(N)(=O)=O)CC2=O)c1F. The predicted octanol–water partition coefficient (Wildman–Crippen LogP) is 0.769. The number of benzene rings is 1. The number of carbonyl (C=O) groups is 2. The van der Waals surface area contributed by atoms with Crippen molar-refractivity contribution < 1.29 is 27.1 Å². The molecule has 0 bridgehead atoms. The summed E-state index contributed by atoms with van der Waals surface area (Å²) in [6.45, 7) is -0.272. The second kappa shape index (κ2) is 5.94. The summed E-state index contributed by atoms with van der Waals surface area (Å²) in [4.78, 5) is 24.5. The van der Waals surface area contributed by atoms with Gasteiger partial charge in [0.25, 0.3) is 0 Å². The van der Waals surface area contributed by atoms with Crippen LogP contribution in [0.4, 0.5) is 10.1 Å². The molecule has 120 valence electrons. The largest absolute Gasteiger partial charge is 0.465 e. The highest BCUT2D eigenvalue weighted by Crippen LogP contribution is 2.31. The zero-order chi connectivity index (χ0) is 16.7. The van der Waals surface area contributed by atoms with Crippen LogP contribution in [0, 0.1) is 5.82 Å². The summed E-state index contributed by atoms with van der Waals surface area (Å²) in [7, 11) is -2.82. The van der Waals surface area contributed by atoms with Crippen LogP contribution in [0.3, 0.4) is 0 Å². The predicted molar refractivity (Wildman–Crippen MR) is 79.3 cm³/mol. The minimum absolute atomic E-state index is 0.203. The van der Waals surface area contributed by atoms with Gasteiger partial charge in [-0.2, -0.15) is 0 Å². The smallest absolute Gasteiger partial charge is 0.340 e. The summed E-state index contributed by atoms with van der Waals surface area (Å²) < 4.78 is 42.0. The van der Waals surface area contributed by atoms with E-state index in [9.17, 15) is 22.4 Å². The van der Waals surface area contributed by atoms with E-state index in [1.165, 1.54) is 12.1 Å². The zero-order valence-corrected chi connectivity index (χ0v) is 13.8. The van der Waals surface area contributed by atoms with E-state index in [1.807, 2.05) is 0 Å². The maximum Gasteiger partial charge on any atom is 0.340 e. The number of ether oxygens (including phenoxy) is 1. The fourth-order valence-corrected chi connectivity index (χ4v) is 3.33. The Morgan fingerprint density at radius 2 is 2.14 bits per heavy atom. The molecule has 10 heteroatoms. The number of amides is 1. The number of nitrogens with zero attached hydrogens (tertiary/aromatic N) is 1. The van der Waals surface area contributed by atoms with Gasteiger partial charge in [-0.15, -0.1) is 0 Å². The van der Waals surface area contributed by atoms with E-state index in [0.29, 0.717) is 4.47 Å². The Bertz CT molecular complexity index is 752. The first-order chi connectivity index (χ1) is 10.1. The van der Waals surface area contributed by atoms with Crippen LogP contribution in [0.25, 0.3) is 0 Å². The lowest BCUT2D eigenvalue weighted by Gasteiger charge is -2.18. The van der Waals surface area contributed by atoms with Crippen molar-refractivity contribution in [3.63, 3.8) is 0 Å². The molecule has 1 aliphatic rings. The third-order valence-electron chi connectivity index (χ3n) is 3.27. The molecule has 2 rings (SSSR count). The maximum absolute atomic E-state index is 14.4. The highest BCUT2D eigenvalue weighted by atomic mass is 79.9. The maximum atomic E-state index is 14.4. The van der Waals surface area contributed by atoms with Crippen molar-refractivity contribution in [3.8, 4) is 0 Å². The van der Waals surface area contributed by atoms with E-state index in [-0.39, 0.29) is 24.2 Å². The zero-order valence-electron chi connectivity index (χ0n) is 11.4. The lowest BCUT2D eigenvalue weighted by atomic mass is 10.1. The summed E-state index contributed by atoms with van der Waals surface area (Å²) in [5, 5.41) is 3.92. The Balaban J connectivity index is 2.48. The van der Waals surface area contributed by atoms with Crippen molar-refractivity contribution in [3.05, 3.63) is 28.0 Å². The number of carbonyl (C=O) groups excluding carboxylic acids is 2. The van der Waals surface area contributed by atoms with Crippen molar-refractivity contribution in [2.24, 2.45) is 5.14 Å². The Labute approximate surface area is 134 Å². The van der Waals surface area contributed by atoms with Gasteiger partial charge in [0, 0.05) is 17.4 Å². The van der Waals surface area contributed by atoms with Crippen molar-refractivity contribution in [2.75, 3.05) is 18.6 Å². The second-order valence-electron chi connectivity index (χ2n) is 4.70. The molecule has 0 radical (unpaired) electrons. The molecule has 1 aliphatic heterocycles. The van der Waals surface area contributed by atoms with E-state index in [4.69, 9.17) is 5.14 Å². The Morgan fingerprint density at radius 3 is 2.64 bits per heavy atom. The first-order valence-electron chi connectivity index (χ1n) is 6.04. The van der Waals surface area contributed by atoms with Gasteiger partial charge in [0.05, 0.1) is 18.4 Å². The van der Waals surface area contributed by atoms with Gasteiger partial charge >= 0.3 is 5.97 Å². The van der Waals surface area contributed by atoms with Gasteiger partial charge in [0.15, 0.2) is 5.82 Å². The number of methoxy groups -OCH3 is 1. The van der Waals surface area contributed by atoms with Gasteiger partial charge in [0.2, 0.25) is 15.9 Å². The normalized spacial score (nSPS) is 18.6. The van der Waals surface area contributed by atoms with Gasteiger partial charge < -0.3 is 9.64 Å². The summed E-state index contributed by atoms with van der Waals surface area (Å²) in [5.74, 6) is -2.46. The number of esters is 1. The second-order valence-corrected chi connectivity index (χ2v) is 7.46. The minimum Gasteiger partial charge on any atom is -0.465 e. The van der Waals surface area contributed by atoms with Crippen LogP contribution in [-0.4, -0.2) is 39.2 Å². The van der Waals surface area contributed by atoms with Crippen LogP contribution < -0.4 is 10.0 Å². The molecule has 0 aliphatic carbocycles. The molecule has 0 saturated carbocycles. The van der Waals surface area contributed by atoms with E-state index in [0.717, 1.165) is 12.0 Å². The summed E-state index contributed by atoms with van der Waals surface area (Å²) >= 11 is 3.11. The van der Waals surface area contributed by atoms with E-state index < -0.39 is 33.0 Å². The number of nitrogens with two attached hydrogens (primary N) is 1. The Hall–Kier alpha value is -1.52. The van der Waals surface area contributed by atoms with Gasteiger partial charge in [-0.25, -0.2) is 22.7 Å². The summed E-state index contributed by atoms with van der Waals surface area (Å²) in [5.41, 5.74) is -0.565. The van der Waals surface area contributed by atoms with Crippen LogP contribution in [0.2, 0.25) is 0 Å². The number of sulfonamides is 1. The third kappa shape index (κ3) is 3.13. The molecule has 0 spiro atoms. The number of anilines is 1. The molecule has 1 unspecified atom stereocenters. The van der Waals surface area contributed by atoms with Crippen LogP contribution >= 0.6 is 15.9 Å². The van der Waals surface area contributed by atoms with Gasteiger partial charge in [-0.3, -0.25) is 4.79 Å². The molecule has 1 atom stereocenters. The molecule has 1 heterocycles. The van der Waals surface area contributed by atoms with E-state index in [1.54, 1.807) is 0 Å². The van der Waals surface area contributed by atoms with Crippen LogP contribution in [-0.2, 0) is 19.6 Å². The van der Waals surface area contributed by atoms with E-state index >= 15 is 0 Å². The average molecular weight is 395 g/mol. The molecule has 0 aromatic heterocycles. The highest BCUT2D eigenvalue weighted by molar-refractivity contribution is 9.10. The van der Waals surface area contributed by atoms with Gasteiger partial charge in [-0.05, 0) is 12.1 Å². The minimum atomic E-state index is -3.92.